The molecule has 0 saturated heterocycles. The minimum atomic E-state index is -4.08. The van der Waals surface area contributed by atoms with Gasteiger partial charge in [0.25, 0.3) is 10.0 Å². The maximum absolute atomic E-state index is 14.0. The number of aliphatic hydroxyl groups is 1. The van der Waals surface area contributed by atoms with E-state index in [0.717, 1.165) is 22.9 Å². The predicted molar refractivity (Wildman–Crippen MR) is 162 cm³/mol. The Kier molecular flexibility index (Phi) is 11.7. The highest BCUT2D eigenvalue weighted by Gasteiger charge is 2.28. The predicted octanol–water partition coefficient (Wildman–Crippen LogP) is 5.06. The molecule has 0 bridgehead atoms. The quantitative estimate of drug-likeness (QED) is 0.0988. The van der Waals surface area contributed by atoms with Crippen LogP contribution in [0.5, 0.6) is 5.75 Å². The third-order valence-corrected chi connectivity index (χ3v) is 8.27. The number of methoxy groups -OCH3 is 1. The summed E-state index contributed by atoms with van der Waals surface area (Å²) < 4.78 is 35.5. The molecule has 4 N–H and O–H groups in total. The van der Waals surface area contributed by atoms with E-state index in [2.05, 4.69) is 26.2 Å². The molecule has 0 aliphatic heterocycles. The van der Waals surface area contributed by atoms with Gasteiger partial charge >= 0.3 is 0 Å². The molecule has 3 aromatic carbocycles. The van der Waals surface area contributed by atoms with Gasteiger partial charge in [-0.25, -0.2) is 13.4 Å². The molecule has 0 spiro atoms. The number of unbranched alkanes of at least 4 members (excludes halogenated alkanes) is 3. The van der Waals surface area contributed by atoms with Gasteiger partial charge in [0.2, 0.25) is 5.91 Å². The number of rotatable bonds is 14. The van der Waals surface area contributed by atoms with Crippen LogP contribution in [0.15, 0.2) is 99.4 Å². The van der Waals surface area contributed by atoms with Crippen molar-refractivity contribution < 1.29 is 23.1 Å². The second-order valence-electron chi connectivity index (χ2n) is 8.74. The van der Waals surface area contributed by atoms with Crippen LogP contribution >= 0.6 is 15.9 Å². The number of sulfonamides is 1. The van der Waals surface area contributed by atoms with Crippen molar-refractivity contribution in [3.05, 3.63) is 95.1 Å². The molecule has 0 atom stereocenters. The minimum absolute atomic E-state index is 0.0820. The average Bonchev–Trinajstić information content (AvgIpc) is 2.96. The highest BCUT2D eigenvalue weighted by Crippen LogP contribution is 2.33. The molecule has 3 aromatic rings. The third-order valence-electron chi connectivity index (χ3n) is 5.89. The molecule has 0 aliphatic rings. The first kappa shape index (κ1) is 30.9. The zero-order valence-electron chi connectivity index (χ0n) is 22.2. The molecular formula is C29H33BrN4O5S. The highest BCUT2D eigenvalue weighted by atomic mass is 79.9. The van der Waals surface area contributed by atoms with E-state index in [0.29, 0.717) is 18.5 Å². The van der Waals surface area contributed by atoms with Gasteiger partial charge in [0, 0.05) is 41.2 Å². The topological polar surface area (TPSA) is 134 Å². The second kappa shape index (κ2) is 15.2. The van der Waals surface area contributed by atoms with E-state index in [1.807, 2.05) is 18.2 Å². The summed E-state index contributed by atoms with van der Waals surface area (Å²) in [5.41, 5.74) is 7.44. The molecule has 9 nitrogen and oxygen atoms in total. The number of hydrogen-bond donors (Lipinski definition) is 3. The van der Waals surface area contributed by atoms with E-state index < -0.39 is 15.9 Å². The Morgan fingerprint density at radius 2 is 1.75 bits per heavy atom. The largest absolute Gasteiger partial charge is 0.495 e. The number of nitrogens with one attached hydrogen (secondary N) is 1. The van der Waals surface area contributed by atoms with E-state index >= 15 is 0 Å². The summed E-state index contributed by atoms with van der Waals surface area (Å²) >= 11 is 3.39. The summed E-state index contributed by atoms with van der Waals surface area (Å²) in [5, 5.41) is 11.7. The summed E-state index contributed by atoms with van der Waals surface area (Å²) in [6, 6.07) is 20.6. The lowest BCUT2D eigenvalue weighted by molar-refractivity contribution is -0.111. The fourth-order valence-corrected chi connectivity index (χ4v) is 5.80. The van der Waals surface area contributed by atoms with Crippen molar-refractivity contribution in [2.24, 2.45) is 10.7 Å². The van der Waals surface area contributed by atoms with Crippen LogP contribution in [0.4, 0.5) is 11.4 Å². The number of aliphatic imine (C=N–C) groups is 1. The lowest BCUT2D eigenvalue weighted by Gasteiger charge is -2.26. The number of carbonyl (C=O) groups is 1. The lowest BCUT2D eigenvalue weighted by Crippen LogP contribution is -2.32. The molecule has 0 heterocycles. The van der Waals surface area contributed by atoms with Crippen LogP contribution in [0, 0.1) is 0 Å². The van der Waals surface area contributed by atoms with Crippen LogP contribution in [-0.2, 0) is 14.8 Å². The number of carbonyl (C=O) groups excluding carboxylic acids is 1. The Morgan fingerprint density at radius 1 is 1.05 bits per heavy atom. The number of anilines is 2. The van der Waals surface area contributed by atoms with E-state index in [9.17, 15) is 13.2 Å². The summed E-state index contributed by atoms with van der Waals surface area (Å²) in [7, 11) is -2.69. The van der Waals surface area contributed by atoms with Gasteiger partial charge in [0.1, 0.15) is 16.5 Å². The van der Waals surface area contributed by atoms with Crippen molar-refractivity contribution in [1.82, 2.24) is 0 Å². The molecule has 0 aromatic heterocycles. The molecule has 0 fully saturated rings. The maximum atomic E-state index is 14.0. The first-order valence-corrected chi connectivity index (χ1v) is 14.9. The normalized spacial score (nSPS) is 11.9. The molecule has 0 saturated carbocycles. The smallest absolute Gasteiger partial charge is 0.268 e. The van der Waals surface area contributed by atoms with Crippen molar-refractivity contribution in [3.63, 3.8) is 0 Å². The van der Waals surface area contributed by atoms with E-state index in [4.69, 9.17) is 15.6 Å². The Balaban J connectivity index is 1.84. The molecule has 0 unspecified atom stereocenters. The molecule has 3 rings (SSSR count). The number of ether oxygens (including phenoxy) is 1. The van der Waals surface area contributed by atoms with Gasteiger partial charge in [-0.05, 0) is 55.3 Å². The highest BCUT2D eigenvalue weighted by molar-refractivity contribution is 9.10. The Bertz CT molecular complexity index is 1430. The Hall–Kier alpha value is -3.67. The van der Waals surface area contributed by atoms with Crippen molar-refractivity contribution in [1.29, 1.82) is 0 Å². The second-order valence-corrected chi connectivity index (χ2v) is 11.5. The molecular weight excluding hydrogens is 596 g/mol. The third kappa shape index (κ3) is 8.67. The number of nitrogens with two attached hydrogens (primary N) is 1. The number of aliphatic hydroxyl groups excluding tert-OH is 1. The van der Waals surface area contributed by atoms with Crippen molar-refractivity contribution in [2.45, 2.75) is 30.6 Å². The molecule has 11 heteroatoms. The van der Waals surface area contributed by atoms with Crippen molar-refractivity contribution >= 4 is 49.1 Å². The van der Waals surface area contributed by atoms with Crippen LogP contribution in [0.1, 0.15) is 31.2 Å². The standard InChI is InChI=1S/C29H33BrN4O5S/c1-39-26-16-13-24(33-28(36)17-18-32-29(31)22-9-5-4-6-10-22)21-27(26)40(37,38)34(19-7-2-3-8-20-35)25-14-11-23(30)12-15-25/h4-6,9-18,21,35H,2-3,7-8,19-20H2,1H3,(H2,31,32)(H,33,36)/b18-17+. The summed E-state index contributed by atoms with van der Waals surface area (Å²) in [4.78, 5) is 16.5. The first-order valence-electron chi connectivity index (χ1n) is 12.7. The van der Waals surface area contributed by atoms with Gasteiger partial charge in [-0.1, -0.05) is 59.1 Å². The number of benzene rings is 3. The Labute approximate surface area is 243 Å². The molecule has 1 amide bonds. The van der Waals surface area contributed by atoms with E-state index in [1.54, 1.807) is 42.5 Å². The summed E-state index contributed by atoms with van der Waals surface area (Å²) in [5.74, 6) is -0.102. The van der Waals surface area contributed by atoms with Crippen molar-refractivity contribution in [3.8, 4) is 5.75 Å². The number of halogens is 1. The summed E-state index contributed by atoms with van der Waals surface area (Å²) in [6.45, 7) is 0.338. The van der Waals surface area contributed by atoms with Gasteiger partial charge in [0.15, 0.2) is 0 Å². The van der Waals surface area contributed by atoms with Crippen LogP contribution in [0.25, 0.3) is 0 Å². The van der Waals surface area contributed by atoms with Gasteiger partial charge in [0.05, 0.1) is 12.8 Å². The average molecular weight is 630 g/mol. The van der Waals surface area contributed by atoms with Gasteiger partial charge in [-0.3, -0.25) is 9.10 Å². The summed E-state index contributed by atoms with van der Waals surface area (Å²) in [6.07, 6.45) is 5.31. The monoisotopic (exact) mass is 628 g/mol. The number of hydrogen-bond acceptors (Lipinski definition) is 6. The zero-order valence-corrected chi connectivity index (χ0v) is 24.6. The molecule has 0 aliphatic carbocycles. The van der Waals surface area contributed by atoms with Crippen LogP contribution in [-0.4, -0.2) is 45.5 Å². The fraction of sp³-hybridized carbons (Fsp3) is 0.241. The number of amidine groups is 1. The SMILES string of the molecule is COc1ccc(NC(=O)/C=C/N=C(N)c2ccccc2)cc1S(=O)(=O)N(CCCCCCO)c1ccc(Br)cc1. The van der Waals surface area contributed by atoms with Gasteiger partial charge in [-0.15, -0.1) is 0 Å². The van der Waals surface area contributed by atoms with Crippen LogP contribution < -0.4 is 20.1 Å². The fourth-order valence-electron chi connectivity index (χ4n) is 3.84. The van der Waals surface area contributed by atoms with Crippen LogP contribution in [0.2, 0.25) is 0 Å². The first-order chi connectivity index (χ1) is 19.3. The minimum Gasteiger partial charge on any atom is -0.495 e. The number of nitrogens with zero attached hydrogens (tertiary/aromatic N) is 2. The molecule has 40 heavy (non-hydrogen) atoms. The zero-order chi connectivity index (χ0) is 29.0. The van der Waals surface area contributed by atoms with Crippen LogP contribution in [0.3, 0.4) is 0 Å². The van der Waals surface area contributed by atoms with E-state index in [-0.39, 0.29) is 35.3 Å². The molecule has 0 radical (unpaired) electrons. The Morgan fingerprint density at radius 3 is 2.42 bits per heavy atom. The molecule has 212 valence electrons. The lowest BCUT2D eigenvalue weighted by atomic mass is 10.2. The van der Waals surface area contributed by atoms with E-state index in [1.165, 1.54) is 35.8 Å². The van der Waals surface area contributed by atoms with Gasteiger partial charge < -0.3 is 20.9 Å². The van der Waals surface area contributed by atoms with Gasteiger partial charge in [-0.2, -0.15) is 0 Å². The maximum Gasteiger partial charge on any atom is 0.268 e. The number of amides is 1. The van der Waals surface area contributed by atoms with Crippen molar-refractivity contribution in [2.75, 3.05) is 29.9 Å².